The first-order chi connectivity index (χ1) is 16.0. The third-order valence-corrected chi connectivity index (χ3v) is 7.36. The van der Waals surface area contributed by atoms with Crippen LogP contribution in [0.3, 0.4) is 0 Å². The second-order valence-electron chi connectivity index (χ2n) is 8.65. The van der Waals surface area contributed by atoms with E-state index in [1.54, 1.807) is 11.3 Å². The van der Waals surface area contributed by atoms with Crippen LogP contribution in [0.15, 0.2) is 59.1 Å². The maximum Gasteiger partial charge on any atom is 0.164 e. The van der Waals surface area contributed by atoms with Crippen LogP contribution in [0, 0.1) is 6.92 Å². The first kappa shape index (κ1) is 22.4. The summed E-state index contributed by atoms with van der Waals surface area (Å²) in [5, 5.41) is 13.2. The Balaban J connectivity index is 1.16. The van der Waals surface area contributed by atoms with E-state index in [2.05, 4.69) is 22.0 Å². The van der Waals surface area contributed by atoms with E-state index in [4.69, 9.17) is 20.8 Å². The zero-order valence-corrected chi connectivity index (χ0v) is 20.1. The molecule has 2 aromatic heterocycles. The lowest BCUT2D eigenvalue weighted by atomic mass is 9.89. The molecule has 33 heavy (non-hydrogen) atoms. The lowest BCUT2D eigenvalue weighted by molar-refractivity contribution is 0.0599. The number of ether oxygens (including phenoxy) is 1. The predicted octanol–water partition coefficient (Wildman–Crippen LogP) is 6.14. The first-order valence-corrected chi connectivity index (χ1v) is 12.5. The first-order valence-electron chi connectivity index (χ1n) is 11.3. The molecule has 1 N–H and O–H groups in total. The number of likely N-dealkylation sites (tertiary alicyclic amines) is 1. The van der Waals surface area contributed by atoms with Crippen molar-refractivity contribution in [3.63, 3.8) is 0 Å². The molecule has 5 rings (SSSR count). The Labute approximate surface area is 202 Å². The van der Waals surface area contributed by atoms with Gasteiger partial charge in [-0.15, -0.1) is 11.3 Å². The van der Waals surface area contributed by atoms with Crippen LogP contribution in [0.1, 0.15) is 29.2 Å². The molecule has 5 nitrogen and oxygen atoms in total. The number of aliphatic hydroxyl groups excluding tert-OH is 1. The van der Waals surface area contributed by atoms with Crippen molar-refractivity contribution in [3.05, 3.63) is 70.2 Å². The average molecular weight is 483 g/mol. The number of aryl methyl sites for hydroxylation is 1. The molecule has 0 spiro atoms. The van der Waals surface area contributed by atoms with Gasteiger partial charge in [0.1, 0.15) is 24.0 Å². The molecule has 0 radical (unpaired) electrons. The molecule has 3 heterocycles. The van der Waals surface area contributed by atoms with E-state index in [0.717, 1.165) is 63.3 Å². The van der Waals surface area contributed by atoms with Gasteiger partial charge in [-0.05, 0) is 74.7 Å². The molecule has 2 aromatic carbocycles. The van der Waals surface area contributed by atoms with Crippen LogP contribution in [-0.2, 0) is 0 Å². The summed E-state index contributed by atoms with van der Waals surface area (Å²) < 4.78 is 12.0. The smallest absolute Gasteiger partial charge is 0.164 e. The molecular weight excluding hydrogens is 456 g/mol. The number of thiazole rings is 1. The van der Waals surface area contributed by atoms with E-state index in [1.165, 1.54) is 5.56 Å². The van der Waals surface area contributed by atoms with Gasteiger partial charge < -0.3 is 19.2 Å². The van der Waals surface area contributed by atoms with E-state index in [-0.39, 0.29) is 6.61 Å². The molecule has 7 heteroatoms. The van der Waals surface area contributed by atoms with Crippen LogP contribution >= 0.6 is 22.9 Å². The SMILES string of the molecule is Cc1cnc(-c2cc3c(OC[C@@H](O)CN4CCC(c5ccc(Cl)cc5)CC4)cccc3o2)s1. The lowest BCUT2D eigenvalue weighted by Gasteiger charge is -2.33. The zero-order valence-electron chi connectivity index (χ0n) is 18.5. The van der Waals surface area contributed by atoms with Crippen molar-refractivity contribution in [2.24, 2.45) is 0 Å². The highest BCUT2D eigenvalue weighted by Gasteiger charge is 2.22. The highest BCUT2D eigenvalue weighted by molar-refractivity contribution is 7.14. The average Bonchev–Trinajstić information content (AvgIpc) is 3.45. The molecule has 0 saturated carbocycles. The van der Waals surface area contributed by atoms with Crippen molar-refractivity contribution in [1.82, 2.24) is 9.88 Å². The Kier molecular flexibility index (Phi) is 6.69. The molecule has 4 aromatic rings. The molecule has 0 aliphatic carbocycles. The van der Waals surface area contributed by atoms with Crippen molar-refractivity contribution in [3.8, 4) is 16.5 Å². The Morgan fingerprint density at radius 2 is 2.00 bits per heavy atom. The Hall–Kier alpha value is -2.38. The predicted molar refractivity (Wildman–Crippen MR) is 133 cm³/mol. The van der Waals surface area contributed by atoms with Gasteiger partial charge in [0, 0.05) is 22.6 Å². The molecule has 1 fully saturated rings. The summed E-state index contributed by atoms with van der Waals surface area (Å²) in [5.41, 5.74) is 2.11. The lowest BCUT2D eigenvalue weighted by Crippen LogP contribution is -2.40. The highest BCUT2D eigenvalue weighted by Crippen LogP contribution is 2.35. The van der Waals surface area contributed by atoms with E-state index >= 15 is 0 Å². The maximum atomic E-state index is 10.6. The van der Waals surface area contributed by atoms with Gasteiger partial charge >= 0.3 is 0 Å². The topological polar surface area (TPSA) is 58.7 Å². The van der Waals surface area contributed by atoms with Crippen LogP contribution in [0.4, 0.5) is 0 Å². The third kappa shape index (κ3) is 5.25. The van der Waals surface area contributed by atoms with Gasteiger partial charge in [-0.2, -0.15) is 0 Å². The molecular formula is C26H27ClN2O3S. The number of rotatable bonds is 7. The van der Waals surface area contributed by atoms with Crippen LogP contribution < -0.4 is 4.74 Å². The summed E-state index contributed by atoms with van der Waals surface area (Å²) in [6.45, 7) is 4.82. The van der Waals surface area contributed by atoms with E-state index < -0.39 is 6.10 Å². The molecule has 0 bridgehead atoms. The number of aromatic nitrogens is 1. The summed E-state index contributed by atoms with van der Waals surface area (Å²) in [5.74, 6) is 2.01. The monoisotopic (exact) mass is 482 g/mol. The zero-order chi connectivity index (χ0) is 22.8. The number of halogens is 1. The molecule has 1 saturated heterocycles. The number of nitrogens with zero attached hydrogens (tertiary/aromatic N) is 2. The summed E-state index contributed by atoms with van der Waals surface area (Å²) >= 11 is 7.61. The van der Waals surface area contributed by atoms with E-state index in [0.29, 0.717) is 12.5 Å². The Morgan fingerprint density at radius 1 is 1.21 bits per heavy atom. The summed E-state index contributed by atoms with van der Waals surface area (Å²) in [6, 6.07) is 15.9. The number of furan rings is 1. The highest BCUT2D eigenvalue weighted by atomic mass is 35.5. The number of hydrogen-bond donors (Lipinski definition) is 1. The molecule has 1 aliphatic heterocycles. The Morgan fingerprint density at radius 3 is 2.73 bits per heavy atom. The fourth-order valence-corrected chi connectivity index (χ4v) is 5.30. The van der Waals surface area contributed by atoms with Crippen LogP contribution in [-0.4, -0.2) is 47.3 Å². The fraction of sp³-hybridized carbons (Fsp3) is 0.346. The maximum absolute atomic E-state index is 10.6. The molecule has 1 aliphatic rings. The quantitative estimate of drug-likeness (QED) is 0.343. The van der Waals surface area contributed by atoms with E-state index in [1.807, 2.05) is 49.5 Å². The second kappa shape index (κ2) is 9.85. The fourth-order valence-electron chi connectivity index (χ4n) is 4.45. The van der Waals surface area contributed by atoms with Crippen molar-refractivity contribution in [2.75, 3.05) is 26.2 Å². The summed E-state index contributed by atoms with van der Waals surface area (Å²) in [7, 11) is 0. The number of hydrogen-bond acceptors (Lipinski definition) is 6. The van der Waals surface area contributed by atoms with E-state index in [9.17, 15) is 5.11 Å². The number of β-amino-alcohol motifs (C(OH)–C–C–N with tert-alkyl or cyclic N) is 1. The van der Waals surface area contributed by atoms with Gasteiger partial charge in [-0.3, -0.25) is 0 Å². The van der Waals surface area contributed by atoms with Gasteiger partial charge in [0.15, 0.2) is 10.8 Å². The summed E-state index contributed by atoms with van der Waals surface area (Å²) in [6.07, 6.45) is 3.46. The number of piperidine rings is 1. The van der Waals surface area contributed by atoms with Gasteiger partial charge in [0.05, 0.1) is 5.39 Å². The van der Waals surface area contributed by atoms with Crippen LogP contribution in [0.25, 0.3) is 21.7 Å². The minimum absolute atomic E-state index is 0.243. The standard InChI is InChI=1S/C26H27ClN2O3S/c1-17-14-28-26(33-17)25-13-22-23(3-2-4-24(22)32-25)31-16-21(30)15-29-11-9-19(10-12-29)18-5-7-20(27)8-6-18/h2-8,13-14,19,21,30H,9-12,15-16H2,1H3/t21-/m0/s1. The summed E-state index contributed by atoms with van der Waals surface area (Å²) in [4.78, 5) is 7.87. The van der Waals surface area contributed by atoms with Gasteiger partial charge in [-0.25, -0.2) is 4.98 Å². The largest absolute Gasteiger partial charge is 0.490 e. The molecule has 0 amide bonds. The van der Waals surface area contributed by atoms with Crippen molar-refractivity contribution >= 4 is 33.9 Å². The molecule has 0 unspecified atom stereocenters. The number of fused-ring (bicyclic) bond motifs is 1. The van der Waals surface area contributed by atoms with Crippen molar-refractivity contribution in [1.29, 1.82) is 0 Å². The van der Waals surface area contributed by atoms with Crippen molar-refractivity contribution in [2.45, 2.75) is 31.8 Å². The second-order valence-corrected chi connectivity index (χ2v) is 10.3. The minimum atomic E-state index is -0.555. The van der Waals surface area contributed by atoms with Crippen molar-refractivity contribution < 1.29 is 14.3 Å². The number of benzene rings is 2. The van der Waals surface area contributed by atoms with Crippen LogP contribution in [0.5, 0.6) is 5.75 Å². The van der Waals surface area contributed by atoms with Gasteiger partial charge in [0.25, 0.3) is 0 Å². The molecule has 1 atom stereocenters. The van der Waals surface area contributed by atoms with Gasteiger partial charge in [0.2, 0.25) is 0 Å². The normalized spacial score (nSPS) is 16.3. The Bertz CT molecular complexity index is 1210. The third-order valence-electron chi connectivity index (χ3n) is 6.18. The molecule has 172 valence electrons. The minimum Gasteiger partial charge on any atom is -0.490 e. The van der Waals surface area contributed by atoms with Gasteiger partial charge in [-0.1, -0.05) is 29.8 Å². The van der Waals surface area contributed by atoms with Crippen LogP contribution in [0.2, 0.25) is 5.02 Å². The number of aliphatic hydroxyl groups is 1.